The lowest BCUT2D eigenvalue weighted by Gasteiger charge is -2.34. The highest BCUT2D eigenvalue weighted by Crippen LogP contribution is 2.45. The van der Waals surface area contributed by atoms with E-state index in [1.807, 2.05) is 17.8 Å². The molecular formula is C25H26F2N4O3. The Bertz CT molecular complexity index is 1220. The lowest BCUT2D eigenvalue weighted by molar-refractivity contribution is 0.198. The number of carbonyl (C=O) groups is 1. The molecule has 1 amide bonds. The van der Waals surface area contributed by atoms with Crippen molar-refractivity contribution in [3.8, 4) is 22.6 Å². The third kappa shape index (κ3) is 4.00. The van der Waals surface area contributed by atoms with Crippen LogP contribution < -0.4 is 15.0 Å². The maximum absolute atomic E-state index is 14.5. The van der Waals surface area contributed by atoms with Crippen LogP contribution in [0.5, 0.6) is 11.5 Å². The number of rotatable bonds is 4. The molecule has 0 aliphatic carbocycles. The average molecular weight is 469 g/mol. The summed E-state index contributed by atoms with van der Waals surface area (Å²) in [5.74, 6) is -2.02. The van der Waals surface area contributed by atoms with Crippen molar-refractivity contribution >= 4 is 11.8 Å². The number of benzene rings is 2. The second-order valence-electron chi connectivity index (χ2n) is 8.82. The molecule has 2 aliphatic rings. The highest BCUT2D eigenvalue weighted by molar-refractivity contribution is 5.91. The molecule has 2 N–H and O–H groups in total. The van der Waals surface area contributed by atoms with E-state index in [2.05, 4.69) is 10.4 Å². The van der Waals surface area contributed by atoms with E-state index >= 15 is 0 Å². The van der Waals surface area contributed by atoms with Gasteiger partial charge in [0.1, 0.15) is 5.75 Å². The third-order valence-corrected chi connectivity index (χ3v) is 6.68. The standard InChI is InChI=1S/C25H26F2N4O3/c1-15-5-6-19-21(31(15)25(32)33)8-7-18(24(19)34-22-4-2-3-20(26)23(22)27)16-13-29-30(14-16)17-9-11-28-12-10-17/h2-4,7-8,13-15,17,28H,5-6,9-12H2,1H3,(H,32,33)/t15-/m0/s1. The number of amides is 1. The summed E-state index contributed by atoms with van der Waals surface area (Å²) in [6.45, 7) is 3.70. The van der Waals surface area contributed by atoms with Crippen molar-refractivity contribution in [1.29, 1.82) is 0 Å². The van der Waals surface area contributed by atoms with E-state index in [-0.39, 0.29) is 17.8 Å². The van der Waals surface area contributed by atoms with Gasteiger partial charge < -0.3 is 15.2 Å². The minimum absolute atomic E-state index is 0.211. The zero-order valence-electron chi connectivity index (χ0n) is 18.8. The third-order valence-electron chi connectivity index (χ3n) is 6.68. The van der Waals surface area contributed by atoms with Crippen LogP contribution in [-0.2, 0) is 6.42 Å². The zero-order chi connectivity index (χ0) is 23.8. The Balaban J connectivity index is 1.62. The van der Waals surface area contributed by atoms with Gasteiger partial charge >= 0.3 is 6.09 Å². The number of piperidine rings is 1. The molecule has 5 rings (SSSR count). The maximum atomic E-state index is 14.5. The number of hydrogen-bond acceptors (Lipinski definition) is 4. The summed E-state index contributed by atoms with van der Waals surface area (Å²) < 4.78 is 36.4. The second kappa shape index (κ2) is 9.06. The molecule has 1 saturated heterocycles. The minimum Gasteiger partial charge on any atom is -0.465 e. The summed E-state index contributed by atoms with van der Waals surface area (Å²) in [5, 5.41) is 17.7. The normalized spacial score (nSPS) is 18.6. The molecule has 34 heavy (non-hydrogen) atoms. The quantitative estimate of drug-likeness (QED) is 0.539. The van der Waals surface area contributed by atoms with Gasteiger partial charge in [-0.1, -0.05) is 6.07 Å². The number of carboxylic acid groups (broad SMARTS) is 1. The van der Waals surface area contributed by atoms with Crippen LogP contribution >= 0.6 is 0 Å². The number of halogens is 2. The minimum atomic E-state index is -1.09. The molecular weight excluding hydrogens is 442 g/mol. The van der Waals surface area contributed by atoms with Crippen molar-refractivity contribution in [2.24, 2.45) is 0 Å². The number of aromatic nitrogens is 2. The van der Waals surface area contributed by atoms with Gasteiger partial charge in [-0.25, -0.2) is 9.18 Å². The molecule has 0 radical (unpaired) electrons. The van der Waals surface area contributed by atoms with Crippen LogP contribution in [0.1, 0.15) is 37.8 Å². The molecule has 0 bridgehead atoms. The number of ether oxygens (including phenoxy) is 1. The van der Waals surface area contributed by atoms with Crippen LogP contribution in [0.25, 0.3) is 11.1 Å². The Morgan fingerprint density at radius 1 is 1.18 bits per heavy atom. The molecule has 7 nitrogen and oxygen atoms in total. The second-order valence-corrected chi connectivity index (χ2v) is 8.82. The molecule has 3 heterocycles. The van der Waals surface area contributed by atoms with Crippen molar-refractivity contribution in [3.63, 3.8) is 0 Å². The fraction of sp³-hybridized carbons (Fsp3) is 0.360. The summed E-state index contributed by atoms with van der Waals surface area (Å²) in [4.78, 5) is 13.3. The van der Waals surface area contributed by atoms with E-state index in [4.69, 9.17) is 4.74 Å². The summed E-state index contributed by atoms with van der Waals surface area (Å²) in [5.41, 5.74) is 2.57. The van der Waals surface area contributed by atoms with Gasteiger partial charge in [-0.15, -0.1) is 0 Å². The van der Waals surface area contributed by atoms with Crippen LogP contribution in [0.2, 0.25) is 0 Å². The highest BCUT2D eigenvalue weighted by Gasteiger charge is 2.32. The van der Waals surface area contributed by atoms with Crippen LogP contribution in [-0.4, -0.2) is 40.1 Å². The first-order valence-electron chi connectivity index (χ1n) is 11.5. The Kier molecular flexibility index (Phi) is 5.95. The lowest BCUT2D eigenvalue weighted by atomic mass is 9.92. The number of anilines is 1. The van der Waals surface area contributed by atoms with Gasteiger partial charge in [-0.05, 0) is 70.0 Å². The van der Waals surface area contributed by atoms with Crippen molar-refractivity contribution < 1.29 is 23.4 Å². The summed E-state index contributed by atoms with van der Waals surface area (Å²) >= 11 is 0. The van der Waals surface area contributed by atoms with Crippen molar-refractivity contribution in [2.45, 2.75) is 44.7 Å². The van der Waals surface area contributed by atoms with Crippen LogP contribution in [0, 0.1) is 11.6 Å². The smallest absolute Gasteiger partial charge is 0.412 e. The average Bonchev–Trinajstić information content (AvgIpc) is 3.32. The number of nitrogens with one attached hydrogen (secondary N) is 1. The molecule has 1 atom stereocenters. The van der Waals surface area contributed by atoms with E-state index in [0.29, 0.717) is 35.4 Å². The van der Waals surface area contributed by atoms with E-state index in [0.717, 1.165) is 37.6 Å². The summed E-state index contributed by atoms with van der Waals surface area (Å²) in [6.07, 6.45) is 5.67. The van der Waals surface area contributed by atoms with Gasteiger partial charge in [0.15, 0.2) is 11.6 Å². The SMILES string of the molecule is C[C@H]1CCc2c(ccc(-c3cnn(C4CCNCC4)c3)c2Oc2cccc(F)c2F)N1C(=O)O. The zero-order valence-corrected chi connectivity index (χ0v) is 18.8. The van der Waals surface area contributed by atoms with Crippen LogP contribution in [0.4, 0.5) is 19.3 Å². The Hall–Kier alpha value is -3.46. The van der Waals surface area contributed by atoms with E-state index in [1.54, 1.807) is 18.3 Å². The number of hydrogen-bond donors (Lipinski definition) is 2. The monoisotopic (exact) mass is 468 g/mol. The van der Waals surface area contributed by atoms with Crippen molar-refractivity contribution in [2.75, 3.05) is 18.0 Å². The van der Waals surface area contributed by atoms with Crippen LogP contribution in [0.3, 0.4) is 0 Å². The van der Waals surface area contributed by atoms with Gasteiger partial charge in [0.2, 0.25) is 5.82 Å². The van der Waals surface area contributed by atoms with E-state index in [9.17, 15) is 18.7 Å². The predicted octanol–water partition coefficient (Wildman–Crippen LogP) is 5.36. The first-order chi connectivity index (χ1) is 16.4. The molecule has 178 valence electrons. The lowest BCUT2D eigenvalue weighted by Crippen LogP contribution is -2.41. The molecule has 0 unspecified atom stereocenters. The molecule has 1 aromatic heterocycles. The van der Waals surface area contributed by atoms with Gasteiger partial charge in [0.05, 0.1) is 17.9 Å². The molecule has 1 fully saturated rings. The fourth-order valence-corrected chi connectivity index (χ4v) is 4.86. The van der Waals surface area contributed by atoms with Crippen LogP contribution in [0.15, 0.2) is 42.7 Å². The largest absolute Gasteiger partial charge is 0.465 e. The Labute approximate surface area is 196 Å². The maximum Gasteiger partial charge on any atom is 0.412 e. The van der Waals surface area contributed by atoms with Crippen molar-refractivity contribution in [3.05, 3.63) is 59.9 Å². The van der Waals surface area contributed by atoms with Gasteiger partial charge in [-0.3, -0.25) is 9.58 Å². The fourth-order valence-electron chi connectivity index (χ4n) is 4.86. The van der Waals surface area contributed by atoms with Gasteiger partial charge in [0, 0.05) is 28.9 Å². The number of nitrogens with zero attached hydrogens (tertiary/aromatic N) is 3. The molecule has 9 heteroatoms. The van der Waals surface area contributed by atoms with E-state index in [1.165, 1.54) is 17.0 Å². The topological polar surface area (TPSA) is 79.6 Å². The molecule has 2 aromatic carbocycles. The van der Waals surface area contributed by atoms with Crippen molar-refractivity contribution in [1.82, 2.24) is 15.1 Å². The Morgan fingerprint density at radius 3 is 2.74 bits per heavy atom. The van der Waals surface area contributed by atoms with E-state index < -0.39 is 17.7 Å². The Morgan fingerprint density at radius 2 is 1.97 bits per heavy atom. The molecule has 0 saturated carbocycles. The number of fused-ring (bicyclic) bond motifs is 1. The first-order valence-corrected chi connectivity index (χ1v) is 11.5. The summed E-state index contributed by atoms with van der Waals surface area (Å²) in [7, 11) is 0. The predicted molar refractivity (Wildman–Crippen MR) is 124 cm³/mol. The molecule has 3 aromatic rings. The van der Waals surface area contributed by atoms with Gasteiger partial charge in [-0.2, -0.15) is 9.49 Å². The van der Waals surface area contributed by atoms with Gasteiger partial charge in [0.25, 0.3) is 0 Å². The first kappa shape index (κ1) is 22.3. The summed E-state index contributed by atoms with van der Waals surface area (Å²) in [6, 6.07) is 7.36. The molecule has 2 aliphatic heterocycles. The highest BCUT2D eigenvalue weighted by atomic mass is 19.2. The molecule has 0 spiro atoms.